The number of ether oxygens (including phenoxy) is 5. The number of esters is 1. The zero-order valence-electron chi connectivity index (χ0n) is 15.9. The van der Waals surface area contributed by atoms with Gasteiger partial charge in [0.1, 0.15) is 0 Å². The van der Waals surface area contributed by atoms with E-state index in [9.17, 15) is 15.0 Å². The fraction of sp³-hybridized carbons (Fsp3) is 0.381. The number of fused-ring (bicyclic) bond motifs is 3. The predicted molar refractivity (Wildman–Crippen MR) is 98.5 cm³/mol. The molecule has 2 aromatic carbocycles. The van der Waals surface area contributed by atoms with Crippen molar-refractivity contribution in [3.63, 3.8) is 0 Å². The van der Waals surface area contributed by atoms with E-state index in [0.717, 1.165) is 5.56 Å². The van der Waals surface area contributed by atoms with E-state index < -0.39 is 23.9 Å². The van der Waals surface area contributed by atoms with Crippen molar-refractivity contribution in [2.45, 2.75) is 12.0 Å². The van der Waals surface area contributed by atoms with Crippen LogP contribution < -0.4 is 18.9 Å². The average molecular weight is 400 g/mol. The number of methoxy groups -OCH3 is 2. The van der Waals surface area contributed by atoms with Crippen LogP contribution in [0.25, 0.3) is 0 Å². The summed E-state index contributed by atoms with van der Waals surface area (Å²) < 4.78 is 26.9. The number of aliphatic hydroxyl groups excluding tert-OH is 1. The van der Waals surface area contributed by atoms with Gasteiger partial charge in [-0.05, 0) is 41.0 Å². The molecule has 2 aliphatic heterocycles. The summed E-state index contributed by atoms with van der Waals surface area (Å²) in [6.45, 7) is 0.246. The van der Waals surface area contributed by atoms with Gasteiger partial charge in [0.15, 0.2) is 23.0 Å². The molecule has 2 heterocycles. The third-order valence-electron chi connectivity index (χ3n) is 6.01. The van der Waals surface area contributed by atoms with Crippen LogP contribution in [-0.4, -0.2) is 43.8 Å². The van der Waals surface area contributed by atoms with Crippen molar-refractivity contribution in [2.24, 2.45) is 11.8 Å². The molecule has 0 saturated carbocycles. The lowest BCUT2D eigenvalue weighted by atomic mass is 9.66. The average Bonchev–Trinajstić information content (AvgIpc) is 3.34. The van der Waals surface area contributed by atoms with Crippen molar-refractivity contribution in [3.05, 3.63) is 41.0 Å². The Morgan fingerprint density at radius 3 is 2.21 bits per heavy atom. The molecule has 1 saturated heterocycles. The van der Waals surface area contributed by atoms with Crippen LogP contribution in [0.1, 0.15) is 28.7 Å². The van der Waals surface area contributed by atoms with Crippen molar-refractivity contribution in [1.29, 1.82) is 0 Å². The minimum Gasteiger partial charge on any atom is -0.502 e. The van der Waals surface area contributed by atoms with Crippen LogP contribution in [0.15, 0.2) is 24.3 Å². The highest BCUT2D eigenvalue weighted by molar-refractivity contribution is 5.79. The summed E-state index contributed by atoms with van der Waals surface area (Å²) in [7, 11) is 2.89. The third-order valence-corrected chi connectivity index (χ3v) is 6.01. The van der Waals surface area contributed by atoms with Crippen LogP contribution in [0.5, 0.6) is 28.7 Å². The molecule has 5 rings (SSSR count). The molecule has 8 heteroatoms. The van der Waals surface area contributed by atoms with Crippen molar-refractivity contribution in [2.75, 3.05) is 27.6 Å². The quantitative estimate of drug-likeness (QED) is 0.755. The first-order valence-corrected chi connectivity index (χ1v) is 9.26. The van der Waals surface area contributed by atoms with Crippen LogP contribution in [0.3, 0.4) is 0 Å². The van der Waals surface area contributed by atoms with E-state index in [2.05, 4.69) is 0 Å². The van der Waals surface area contributed by atoms with Crippen molar-refractivity contribution in [3.8, 4) is 28.7 Å². The number of hydrogen-bond acceptors (Lipinski definition) is 8. The molecule has 152 valence electrons. The molecule has 8 nitrogen and oxygen atoms in total. The second-order valence-electron chi connectivity index (χ2n) is 7.35. The summed E-state index contributed by atoms with van der Waals surface area (Å²) in [5.74, 6) is -0.324. The number of aliphatic hydroxyl groups is 1. The van der Waals surface area contributed by atoms with E-state index in [1.54, 1.807) is 24.3 Å². The fourth-order valence-corrected chi connectivity index (χ4v) is 4.63. The van der Waals surface area contributed by atoms with E-state index in [1.807, 2.05) is 0 Å². The van der Waals surface area contributed by atoms with E-state index in [0.29, 0.717) is 22.6 Å². The van der Waals surface area contributed by atoms with Gasteiger partial charge < -0.3 is 33.9 Å². The summed E-state index contributed by atoms with van der Waals surface area (Å²) >= 11 is 0. The Morgan fingerprint density at radius 2 is 1.59 bits per heavy atom. The fourth-order valence-electron chi connectivity index (χ4n) is 4.63. The smallest absolute Gasteiger partial charge is 0.310 e. The standard InChI is InChI=1S/C21H20O8/c1-25-15-3-9(4-16(26-2)20(15)23)17-10-5-13-14(29-8-28-13)6-11(10)19(22)12-7-27-21(24)18(12)17/h3-6,12,17-19,22-23H,7-8H2,1-2H3/t12-,17-,18-,19-/m1/s1. The SMILES string of the molecule is COc1cc([C@@H]2c3cc4c(cc3[C@@H](O)[C@@H]3COC(=O)[C@@H]23)OCO4)cc(OC)c1O. The van der Waals surface area contributed by atoms with Gasteiger partial charge in [-0.15, -0.1) is 0 Å². The highest BCUT2D eigenvalue weighted by Gasteiger charge is 2.52. The predicted octanol–water partition coefficient (Wildman–Crippen LogP) is 2.11. The maximum Gasteiger partial charge on any atom is 0.310 e. The number of phenols is 1. The van der Waals surface area contributed by atoms with E-state index >= 15 is 0 Å². The number of carbonyl (C=O) groups excluding carboxylic acids is 1. The number of aromatic hydroxyl groups is 1. The minimum absolute atomic E-state index is 0.106. The van der Waals surface area contributed by atoms with Crippen LogP contribution in [-0.2, 0) is 9.53 Å². The molecule has 0 spiro atoms. The molecule has 0 aromatic heterocycles. The topological polar surface area (TPSA) is 104 Å². The van der Waals surface area contributed by atoms with Gasteiger partial charge in [-0.25, -0.2) is 0 Å². The molecule has 29 heavy (non-hydrogen) atoms. The molecule has 1 aliphatic carbocycles. The molecular weight excluding hydrogens is 380 g/mol. The second-order valence-corrected chi connectivity index (χ2v) is 7.35. The number of carbonyl (C=O) groups is 1. The molecule has 0 bridgehead atoms. The molecule has 3 aliphatic rings. The van der Waals surface area contributed by atoms with Crippen molar-refractivity contribution in [1.82, 2.24) is 0 Å². The second kappa shape index (κ2) is 6.45. The third kappa shape index (κ3) is 2.52. The van der Waals surface area contributed by atoms with Gasteiger partial charge in [0.05, 0.1) is 32.8 Å². The molecule has 4 atom stereocenters. The van der Waals surface area contributed by atoms with E-state index in [1.165, 1.54) is 14.2 Å². The Kier molecular flexibility index (Phi) is 3.99. The van der Waals surface area contributed by atoms with Gasteiger partial charge in [-0.3, -0.25) is 4.79 Å². The Labute approximate surface area is 166 Å². The lowest BCUT2D eigenvalue weighted by Gasteiger charge is -2.37. The summed E-state index contributed by atoms with van der Waals surface area (Å²) in [6, 6.07) is 6.93. The summed E-state index contributed by atoms with van der Waals surface area (Å²) in [4.78, 5) is 12.7. The van der Waals surface area contributed by atoms with E-state index in [-0.39, 0.29) is 36.6 Å². The lowest BCUT2D eigenvalue weighted by Crippen LogP contribution is -2.34. The van der Waals surface area contributed by atoms with Gasteiger partial charge in [0.25, 0.3) is 0 Å². The summed E-state index contributed by atoms with van der Waals surface area (Å²) in [5.41, 5.74) is 2.12. The summed E-state index contributed by atoms with van der Waals surface area (Å²) in [6.07, 6.45) is -0.867. The molecular formula is C21H20O8. The molecule has 2 aromatic rings. The molecule has 0 radical (unpaired) electrons. The maximum absolute atomic E-state index is 12.7. The van der Waals surface area contributed by atoms with Gasteiger partial charge in [0.2, 0.25) is 12.5 Å². The van der Waals surface area contributed by atoms with Gasteiger partial charge in [-0.1, -0.05) is 0 Å². The number of rotatable bonds is 3. The first kappa shape index (κ1) is 17.9. The minimum atomic E-state index is -0.867. The largest absolute Gasteiger partial charge is 0.502 e. The first-order valence-electron chi connectivity index (χ1n) is 9.26. The zero-order valence-corrected chi connectivity index (χ0v) is 15.9. The monoisotopic (exact) mass is 400 g/mol. The van der Waals surface area contributed by atoms with Crippen LogP contribution >= 0.6 is 0 Å². The van der Waals surface area contributed by atoms with Crippen LogP contribution in [0.4, 0.5) is 0 Å². The number of phenolic OH excluding ortho intramolecular Hbond substituents is 1. The Balaban J connectivity index is 1.75. The first-order chi connectivity index (χ1) is 14.0. The van der Waals surface area contributed by atoms with Crippen molar-refractivity contribution < 1.29 is 38.7 Å². The Hall–Kier alpha value is -3.13. The normalized spacial score (nSPS) is 26.5. The van der Waals surface area contributed by atoms with Gasteiger partial charge in [0, 0.05) is 11.8 Å². The van der Waals surface area contributed by atoms with Crippen LogP contribution in [0.2, 0.25) is 0 Å². The van der Waals surface area contributed by atoms with Crippen LogP contribution in [0, 0.1) is 11.8 Å². The number of cyclic esters (lactones) is 1. The Bertz CT molecular complexity index is 975. The molecule has 0 unspecified atom stereocenters. The Morgan fingerprint density at radius 1 is 0.966 bits per heavy atom. The summed E-state index contributed by atoms with van der Waals surface area (Å²) in [5, 5.41) is 21.3. The molecule has 0 amide bonds. The van der Waals surface area contributed by atoms with E-state index in [4.69, 9.17) is 23.7 Å². The zero-order chi connectivity index (χ0) is 20.3. The highest BCUT2D eigenvalue weighted by Crippen LogP contribution is 2.55. The number of hydrogen-bond donors (Lipinski definition) is 2. The lowest BCUT2D eigenvalue weighted by molar-refractivity contribution is -0.141. The maximum atomic E-state index is 12.7. The van der Waals surface area contributed by atoms with Crippen molar-refractivity contribution >= 4 is 5.97 Å². The van der Waals surface area contributed by atoms with Gasteiger partial charge in [-0.2, -0.15) is 0 Å². The number of benzene rings is 2. The highest BCUT2D eigenvalue weighted by atomic mass is 16.7. The molecule has 1 fully saturated rings. The van der Waals surface area contributed by atoms with Gasteiger partial charge >= 0.3 is 5.97 Å². The molecule has 2 N–H and O–H groups in total.